The summed E-state index contributed by atoms with van der Waals surface area (Å²) in [7, 11) is 0. The van der Waals surface area contributed by atoms with Crippen LogP contribution in [0, 0.1) is 6.92 Å². The first kappa shape index (κ1) is 19.4. The zero-order chi connectivity index (χ0) is 16.5. The molecule has 1 N–H and O–H groups in total. The Morgan fingerprint density at radius 3 is 2.00 bits per heavy atom. The summed E-state index contributed by atoms with van der Waals surface area (Å²) < 4.78 is 4.20. The van der Waals surface area contributed by atoms with Gasteiger partial charge in [-0.1, -0.05) is 95.6 Å². The van der Waals surface area contributed by atoms with Gasteiger partial charge >= 0.3 is 0 Å². The summed E-state index contributed by atoms with van der Waals surface area (Å²) in [5.74, 6) is 3.54. The molecule has 0 spiro atoms. The lowest BCUT2D eigenvalue weighted by Gasteiger charge is -2.26. The van der Waals surface area contributed by atoms with E-state index in [4.69, 9.17) is 4.42 Å². The van der Waals surface area contributed by atoms with E-state index in [9.17, 15) is 0 Å². The second-order valence-electron chi connectivity index (χ2n) is 4.32. The molecule has 0 aliphatic carbocycles. The molecule has 0 aromatic carbocycles. The van der Waals surface area contributed by atoms with Gasteiger partial charge in [0, 0.05) is 6.42 Å². The Balaban J connectivity index is 2.30. The minimum absolute atomic E-state index is 0.572. The maximum atomic E-state index is 5.55. The number of alkyl halides is 6. The zero-order valence-corrected chi connectivity index (χ0v) is 20.5. The summed E-state index contributed by atoms with van der Waals surface area (Å²) in [5, 5.41) is 3.12. The molecule has 0 unspecified atom stereocenters. The van der Waals surface area contributed by atoms with E-state index >= 15 is 0 Å². The number of amidine groups is 2. The molecule has 1 aliphatic heterocycles. The Morgan fingerprint density at radius 1 is 1.05 bits per heavy atom. The van der Waals surface area contributed by atoms with Gasteiger partial charge in [-0.25, -0.2) is 9.98 Å². The summed E-state index contributed by atoms with van der Waals surface area (Å²) >= 11 is 20.7. The topological polar surface area (TPSA) is 49.9 Å². The van der Waals surface area contributed by atoms with Crippen molar-refractivity contribution in [2.75, 3.05) is 0 Å². The molecule has 0 fully saturated rings. The van der Waals surface area contributed by atoms with Gasteiger partial charge in [0.15, 0.2) is 10.1 Å². The van der Waals surface area contributed by atoms with Gasteiger partial charge in [-0.05, 0) is 25.1 Å². The smallest absolute Gasteiger partial charge is 0.192 e. The number of rotatable bonds is 2. The van der Waals surface area contributed by atoms with Crippen LogP contribution in [-0.4, -0.2) is 16.0 Å². The Labute approximate surface area is 178 Å². The normalized spacial score (nSPS) is 16.0. The molecule has 1 aromatic rings. The third-order valence-corrected chi connectivity index (χ3v) is 4.76. The van der Waals surface area contributed by atoms with Crippen LogP contribution in [0.15, 0.2) is 38.4 Å². The fourth-order valence-electron chi connectivity index (χ4n) is 1.57. The van der Waals surface area contributed by atoms with Crippen LogP contribution in [0.5, 0.6) is 0 Å². The van der Waals surface area contributed by atoms with Crippen molar-refractivity contribution in [1.29, 1.82) is 0 Å². The van der Waals surface area contributed by atoms with Crippen LogP contribution in [0.3, 0.4) is 0 Å². The van der Waals surface area contributed by atoms with E-state index in [1.54, 1.807) is 0 Å². The lowest BCUT2D eigenvalue weighted by atomic mass is 10.3. The third-order valence-electron chi connectivity index (χ3n) is 2.51. The summed E-state index contributed by atoms with van der Waals surface area (Å²) in [5.41, 5.74) is 0. The standard InChI is InChI=1S/C12H9Br6N3O/c1-6-2-3-7(22-6)4-5-8-19-9(11(13,14)15)21-10(20-8)12(16,17)18/h2-3,5H,4H2,1H3,(H,19,20,21). The van der Waals surface area contributed by atoms with Crippen molar-refractivity contribution in [3.63, 3.8) is 0 Å². The Kier molecular flexibility index (Phi) is 6.61. The Bertz CT molecular complexity index is 619. The molecule has 0 atom stereocenters. The predicted octanol–water partition coefficient (Wildman–Crippen LogP) is 6.05. The molecular formula is C12H9Br6N3O. The molecule has 0 radical (unpaired) electrons. The van der Waals surface area contributed by atoms with Gasteiger partial charge in [-0.2, -0.15) is 0 Å². The Morgan fingerprint density at radius 2 is 1.59 bits per heavy atom. The maximum absolute atomic E-state index is 5.55. The molecule has 22 heavy (non-hydrogen) atoms. The first-order valence-corrected chi connectivity index (χ1v) is 10.7. The third kappa shape index (κ3) is 5.54. The molecule has 1 aromatic heterocycles. The molecule has 1 aliphatic rings. The number of allylic oxidation sites excluding steroid dienone is 1. The van der Waals surface area contributed by atoms with E-state index in [1.807, 2.05) is 25.1 Å². The molecule has 0 saturated carbocycles. The highest BCUT2D eigenvalue weighted by molar-refractivity contribution is 9.40. The van der Waals surface area contributed by atoms with Gasteiger partial charge in [0.25, 0.3) is 0 Å². The largest absolute Gasteiger partial charge is 0.466 e. The summed E-state index contributed by atoms with van der Waals surface area (Å²) in [6.45, 7) is 1.91. The lowest BCUT2D eigenvalue weighted by molar-refractivity contribution is 0.494. The summed E-state index contributed by atoms with van der Waals surface area (Å²) in [6.07, 6.45) is 2.51. The van der Waals surface area contributed by atoms with Crippen LogP contribution in [0.4, 0.5) is 0 Å². The first-order valence-electron chi connectivity index (χ1n) is 5.90. The van der Waals surface area contributed by atoms with Crippen LogP contribution < -0.4 is 5.32 Å². The van der Waals surface area contributed by atoms with E-state index < -0.39 is 4.29 Å². The van der Waals surface area contributed by atoms with Crippen molar-refractivity contribution in [1.82, 2.24) is 5.32 Å². The summed E-state index contributed by atoms with van der Waals surface area (Å²) in [6, 6.07) is 3.87. The predicted molar refractivity (Wildman–Crippen MR) is 112 cm³/mol. The number of hydrogen-bond acceptors (Lipinski definition) is 4. The second kappa shape index (κ2) is 7.51. The minimum atomic E-state index is -0.674. The molecule has 2 heterocycles. The number of halogens is 6. The number of hydrogen-bond donors (Lipinski definition) is 1. The van der Waals surface area contributed by atoms with E-state index in [-0.39, 0.29) is 0 Å². The van der Waals surface area contributed by atoms with Crippen molar-refractivity contribution in [3.05, 3.63) is 35.6 Å². The fourth-order valence-corrected chi connectivity index (χ4v) is 2.70. The van der Waals surface area contributed by atoms with Crippen molar-refractivity contribution < 1.29 is 4.42 Å². The average molecular weight is 691 g/mol. The number of aryl methyl sites for hydroxylation is 1. The van der Waals surface area contributed by atoms with E-state index in [0.717, 1.165) is 11.5 Å². The van der Waals surface area contributed by atoms with Gasteiger partial charge < -0.3 is 9.73 Å². The van der Waals surface area contributed by atoms with Crippen LogP contribution in [0.25, 0.3) is 0 Å². The van der Waals surface area contributed by atoms with E-state index in [1.165, 1.54) is 0 Å². The molecular weight excluding hydrogens is 682 g/mol. The van der Waals surface area contributed by atoms with Crippen LogP contribution >= 0.6 is 95.6 Å². The highest BCUT2D eigenvalue weighted by atomic mass is 80.0. The van der Waals surface area contributed by atoms with Crippen LogP contribution in [0.2, 0.25) is 0 Å². The summed E-state index contributed by atoms with van der Waals surface area (Å²) in [4.78, 5) is 8.95. The second-order valence-corrected chi connectivity index (χ2v) is 17.8. The molecule has 120 valence electrons. The SMILES string of the molecule is Cc1ccc(CC=C2N=C(C(Br)(Br)Br)NC(C(Br)(Br)Br)=N2)o1. The number of nitrogens with one attached hydrogen (secondary N) is 1. The van der Waals surface area contributed by atoms with Crippen molar-refractivity contribution in [2.45, 2.75) is 17.6 Å². The van der Waals surface area contributed by atoms with Crippen molar-refractivity contribution in [3.8, 4) is 0 Å². The van der Waals surface area contributed by atoms with Gasteiger partial charge in [-0.15, -0.1) is 0 Å². The molecule has 0 amide bonds. The van der Waals surface area contributed by atoms with Crippen LogP contribution in [-0.2, 0) is 6.42 Å². The molecule has 10 heteroatoms. The molecule has 2 rings (SSSR count). The number of furan rings is 1. The highest BCUT2D eigenvalue weighted by Gasteiger charge is 2.35. The van der Waals surface area contributed by atoms with Gasteiger partial charge in [0.2, 0.25) is 0 Å². The van der Waals surface area contributed by atoms with Crippen molar-refractivity contribution in [2.24, 2.45) is 9.98 Å². The highest BCUT2D eigenvalue weighted by Crippen LogP contribution is 2.39. The monoisotopic (exact) mass is 685 g/mol. The van der Waals surface area contributed by atoms with Gasteiger partial charge in [-0.3, -0.25) is 0 Å². The van der Waals surface area contributed by atoms with E-state index in [0.29, 0.717) is 23.9 Å². The Hall–Kier alpha value is 1.04. The lowest BCUT2D eigenvalue weighted by Crippen LogP contribution is -2.45. The van der Waals surface area contributed by atoms with Gasteiger partial charge in [0.1, 0.15) is 23.2 Å². The fraction of sp³-hybridized carbons (Fsp3) is 0.333. The molecule has 0 saturated heterocycles. The van der Waals surface area contributed by atoms with Crippen molar-refractivity contribution >= 4 is 107 Å². The maximum Gasteiger partial charge on any atom is 0.192 e. The van der Waals surface area contributed by atoms with Gasteiger partial charge in [0.05, 0.1) is 0 Å². The number of aliphatic imine (C=N–C) groups is 2. The first-order chi connectivity index (χ1) is 10.1. The van der Waals surface area contributed by atoms with E-state index in [2.05, 4.69) is 111 Å². The average Bonchev–Trinajstić information content (AvgIpc) is 2.80. The minimum Gasteiger partial charge on any atom is -0.466 e. The quantitative estimate of drug-likeness (QED) is 0.385. The molecule has 4 nitrogen and oxygen atoms in total. The molecule has 0 bridgehead atoms. The van der Waals surface area contributed by atoms with Crippen LogP contribution in [0.1, 0.15) is 11.5 Å². The zero-order valence-electron chi connectivity index (χ0n) is 11.0. The number of nitrogens with zero attached hydrogens (tertiary/aromatic N) is 2.